The Morgan fingerprint density at radius 1 is 1.08 bits per heavy atom. The average molecular weight is 534 g/mol. The Morgan fingerprint density at radius 3 is 2.68 bits per heavy atom. The Balaban J connectivity index is 1.24. The first-order chi connectivity index (χ1) is 18.5. The van der Waals surface area contributed by atoms with E-state index in [1.807, 2.05) is 13.8 Å². The highest BCUT2D eigenvalue weighted by atomic mass is 32.1. The van der Waals surface area contributed by atoms with Gasteiger partial charge in [0.1, 0.15) is 5.00 Å². The zero-order valence-corrected chi connectivity index (χ0v) is 23.7. The van der Waals surface area contributed by atoms with Gasteiger partial charge in [0.25, 0.3) is 0 Å². The molecule has 7 heteroatoms. The highest BCUT2D eigenvalue weighted by molar-refractivity contribution is 7.16. The van der Waals surface area contributed by atoms with Crippen LogP contribution in [0.3, 0.4) is 0 Å². The molecule has 6 nitrogen and oxygen atoms in total. The molecule has 6 rings (SSSR count). The molecule has 0 unspecified atom stereocenters. The number of thiophene rings is 1. The van der Waals surface area contributed by atoms with Crippen LogP contribution in [0.15, 0.2) is 18.2 Å². The number of esters is 1. The third-order valence-electron chi connectivity index (χ3n) is 9.05. The number of nitrogens with zero attached hydrogens (tertiary/aromatic N) is 2. The number of anilines is 1. The first kappa shape index (κ1) is 25.6. The van der Waals surface area contributed by atoms with Crippen molar-refractivity contribution in [2.24, 2.45) is 0 Å². The van der Waals surface area contributed by atoms with E-state index in [4.69, 9.17) is 4.74 Å². The number of nitrogens with one attached hydrogen (secondary N) is 1. The fraction of sp³-hybridized carbons (Fsp3) is 0.548. The van der Waals surface area contributed by atoms with Gasteiger partial charge in [-0.05, 0) is 87.6 Å². The van der Waals surface area contributed by atoms with E-state index in [2.05, 4.69) is 33.0 Å². The second-order valence-electron chi connectivity index (χ2n) is 11.3. The van der Waals surface area contributed by atoms with Gasteiger partial charge in [-0.15, -0.1) is 11.3 Å². The number of rotatable bonds is 6. The smallest absolute Gasteiger partial charge is 0.341 e. The van der Waals surface area contributed by atoms with Crippen LogP contribution in [0.5, 0.6) is 0 Å². The van der Waals surface area contributed by atoms with Gasteiger partial charge in [0.05, 0.1) is 24.8 Å². The molecular weight excluding hydrogens is 494 g/mol. The van der Waals surface area contributed by atoms with E-state index in [-0.39, 0.29) is 17.9 Å². The summed E-state index contributed by atoms with van der Waals surface area (Å²) in [6.45, 7) is 8.10. The van der Waals surface area contributed by atoms with E-state index < -0.39 is 0 Å². The van der Waals surface area contributed by atoms with Crippen LogP contribution in [-0.4, -0.2) is 41.0 Å². The van der Waals surface area contributed by atoms with Gasteiger partial charge in [-0.1, -0.05) is 25.3 Å². The number of amides is 1. The van der Waals surface area contributed by atoms with Crippen LogP contribution in [0.2, 0.25) is 0 Å². The quantitative estimate of drug-likeness (QED) is 0.351. The maximum absolute atomic E-state index is 13.3. The highest BCUT2D eigenvalue weighted by Gasteiger charge is 2.36. The van der Waals surface area contributed by atoms with Crippen molar-refractivity contribution in [2.45, 2.75) is 90.6 Å². The normalized spacial score (nSPS) is 19.9. The minimum atomic E-state index is -0.364. The summed E-state index contributed by atoms with van der Waals surface area (Å²) in [6, 6.07) is 7.52. The molecule has 1 amide bonds. The fourth-order valence-corrected chi connectivity index (χ4v) is 8.15. The number of carbonyl (C=O) groups is 2. The summed E-state index contributed by atoms with van der Waals surface area (Å²) in [4.78, 5) is 29.3. The van der Waals surface area contributed by atoms with E-state index in [1.54, 1.807) is 6.92 Å². The molecule has 1 aliphatic heterocycles. The molecule has 0 radical (unpaired) electrons. The van der Waals surface area contributed by atoms with E-state index in [1.165, 1.54) is 71.2 Å². The van der Waals surface area contributed by atoms with Crippen LogP contribution in [0, 0.1) is 13.8 Å². The Bertz CT molecular complexity index is 1380. The molecule has 3 aliphatic rings. The van der Waals surface area contributed by atoms with Crippen LogP contribution in [-0.2, 0) is 22.5 Å². The Hall–Kier alpha value is -2.64. The summed E-state index contributed by atoms with van der Waals surface area (Å²) in [5.74, 6) is 0.283. The van der Waals surface area contributed by atoms with Crippen molar-refractivity contribution < 1.29 is 14.3 Å². The second kappa shape index (κ2) is 10.5. The van der Waals surface area contributed by atoms with Gasteiger partial charge in [-0.3, -0.25) is 9.69 Å². The van der Waals surface area contributed by atoms with Crippen LogP contribution < -0.4 is 5.32 Å². The third kappa shape index (κ3) is 4.47. The number of hydrogen-bond donors (Lipinski definition) is 1. The summed E-state index contributed by atoms with van der Waals surface area (Å²) in [5, 5.41) is 5.11. The van der Waals surface area contributed by atoms with Crippen molar-refractivity contribution in [2.75, 3.05) is 25.0 Å². The Kier molecular flexibility index (Phi) is 7.08. The summed E-state index contributed by atoms with van der Waals surface area (Å²) < 4.78 is 7.81. The van der Waals surface area contributed by atoms with Gasteiger partial charge < -0.3 is 14.6 Å². The first-order valence-corrected chi connectivity index (χ1v) is 15.2. The van der Waals surface area contributed by atoms with Gasteiger partial charge >= 0.3 is 5.97 Å². The number of fused-ring (bicyclic) bond motifs is 3. The van der Waals surface area contributed by atoms with Gasteiger partial charge in [0.2, 0.25) is 5.91 Å². The van der Waals surface area contributed by atoms with Crippen molar-refractivity contribution >= 4 is 39.1 Å². The van der Waals surface area contributed by atoms with Gasteiger partial charge in [0.15, 0.2) is 0 Å². The predicted octanol–water partition coefficient (Wildman–Crippen LogP) is 6.88. The minimum absolute atomic E-state index is 0.0620. The molecule has 1 atom stereocenters. The minimum Gasteiger partial charge on any atom is -0.462 e. The molecule has 1 saturated carbocycles. The van der Waals surface area contributed by atoms with Crippen LogP contribution >= 0.6 is 11.3 Å². The van der Waals surface area contributed by atoms with Crippen LogP contribution in [0.4, 0.5) is 5.00 Å². The molecule has 2 aliphatic carbocycles. The number of hydrogen-bond acceptors (Lipinski definition) is 5. The van der Waals surface area contributed by atoms with E-state index >= 15 is 0 Å². The largest absolute Gasteiger partial charge is 0.462 e. The van der Waals surface area contributed by atoms with Crippen molar-refractivity contribution in [1.29, 1.82) is 0 Å². The van der Waals surface area contributed by atoms with E-state index in [0.717, 1.165) is 42.8 Å². The average Bonchev–Trinajstić information content (AvgIpc) is 3.39. The monoisotopic (exact) mass is 533 g/mol. The molecule has 2 aromatic heterocycles. The standard InChI is InChI=1S/C31H39N3O3S/c1-4-37-31(36)28-19(2)20(3)38-30(28)32-27(35)18-33-15-16-34-25-14-13-22(21-9-6-5-7-10-21)17-24(25)23-11-8-12-26(33)29(23)34/h13-14,17,21,26H,4-12,15-16,18H2,1-3H3,(H,32,35)/t26-/m0/s1. The molecule has 0 bridgehead atoms. The molecule has 1 N–H and O–H groups in total. The Morgan fingerprint density at radius 2 is 1.89 bits per heavy atom. The molecular formula is C31H39N3O3S. The lowest BCUT2D eigenvalue weighted by Gasteiger charge is -2.39. The maximum atomic E-state index is 13.3. The third-order valence-corrected chi connectivity index (χ3v) is 10.2. The second-order valence-corrected chi connectivity index (χ2v) is 12.5. The van der Waals surface area contributed by atoms with Gasteiger partial charge in [0, 0.05) is 34.6 Å². The summed E-state index contributed by atoms with van der Waals surface area (Å²) in [6.07, 6.45) is 10.1. The van der Waals surface area contributed by atoms with Crippen molar-refractivity contribution in [3.63, 3.8) is 0 Å². The van der Waals surface area contributed by atoms with Gasteiger partial charge in [-0.25, -0.2) is 4.79 Å². The molecule has 202 valence electrons. The molecule has 38 heavy (non-hydrogen) atoms. The molecule has 1 aromatic carbocycles. The first-order valence-electron chi connectivity index (χ1n) is 14.4. The number of aryl methyl sites for hydroxylation is 2. The summed E-state index contributed by atoms with van der Waals surface area (Å²) in [5.41, 5.74) is 7.21. The number of carbonyl (C=O) groups excluding carboxylic acids is 2. The SMILES string of the molecule is CCOC(=O)c1c(NC(=O)CN2CCn3c4c(c5cc(C6CCCCC6)ccc53)CCC[C@@H]42)sc(C)c1C. The molecule has 0 spiro atoms. The summed E-state index contributed by atoms with van der Waals surface area (Å²) in [7, 11) is 0. The number of benzene rings is 1. The van der Waals surface area contributed by atoms with Crippen molar-refractivity contribution in [3.8, 4) is 0 Å². The lowest BCUT2D eigenvalue weighted by molar-refractivity contribution is -0.118. The van der Waals surface area contributed by atoms with E-state index in [9.17, 15) is 9.59 Å². The highest BCUT2D eigenvalue weighted by Crippen LogP contribution is 2.44. The molecule has 0 saturated heterocycles. The number of ether oxygens (including phenoxy) is 1. The zero-order chi connectivity index (χ0) is 26.4. The molecule has 1 fully saturated rings. The van der Waals surface area contributed by atoms with Crippen LogP contribution in [0.1, 0.15) is 101 Å². The fourth-order valence-electron chi connectivity index (χ4n) is 7.09. The van der Waals surface area contributed by atoms with E-state index in [0.29, 0.717) is 29.6 Å². The lowest BCUT2D eigenvalue weighted by Crippen LogP contribution is -2.43. The molecule has 3 aromatic rings. The van der Waals surface area contributed by atoms with Crippen molar-refractivity contribution in [3.05, 3.63) is 51.0 Å². The number of aromatic nitrogens is 1. The lowest BCUT2D eigenvalue weighted by atomic mass is 9.83. The Labute approximate surface area is 229 Å². The molecule has 3 heterocycles. The van der Waals surface area contributed by atoms with Gasteiger partial charge in [-0.2, -0.15) is 0 Å². The predicted molar refractivity (Wildman–Crippen MR) is 153 cm³/mol. The topological polar surface area (TPSA) is 63.6 Å². The summed E-state index contributed by atoms with van der Waals surface area (Å²) >= 11 is 1.45. The van der Waals surface area contributed by atoms with Crippen LogP contribution in [0.25, 0.3) is 10.9 Å². The zero-order valence-electron chi connectivity index (χ0n) is 22.9. The maximum Gasteiger partial charge on any atom is 0.341 e. The van der Waals surface area contributed by atoms with Crippen molar-refractivity contribution in [1.82, 2.24) is 9.47 Å².